The zero-order valence-corrected chi connectivity index (χ0v) is 17.8. The van der Waals surface area contributed by atoms with E-state index in [2.05, 4.69) is 20.6 Å². The van der Waals surface area contributed by atoms with Crippen LogP contribution in [0.5, 0.6) is 0 Å². The Balaban J connectivity index is 1.34. The Hall–Kier alpha value is -2.79. The van der Waals surface area contributed by atoms with Gasteiger partial charge in [0.1, 0.15) is 11.9 Å². The molecular formula is C20H24FN5O4S. The molecule has 0 saturated heterocycles. The molecule has 2 aromatic rings. The van der Waals surface area contributed by atoms with Gasteiger partial charge >= 0.3 is 6.09 Å². The smallest absolute Gasteiger partial charge is 0.407 e. The van der Waals surface area contributed by atoms with Gasteiger partial charge in [-0.2, -0.15) is 0 Å². The van der Waals surface area contributed by atoms with Crippen LogP contribution in [0.25, 0.3) is 0 Å². The number of rotatable bonds is 6. The van der Waals surface area contributed by atoms with Gasteiger partial charge in [-0.3, -0.25) is 0 Å². The van der Waals surface area contributed by atoms with Gasteiger partial charge in [-0.05, 0) is 68.7 Å². The van der Waals surface area contributed by atoms with Crippen molar-refractivity contribution in [2.24, 2.45) is 5.14 Å². The van der Waals surface area contributed by atoms with Crippen molar-refractivity contribution < 1.29 is 22.3 Å². The van der Waals surface area contributed by atoms with Gasteiger partial charge in [0.15, 0.2) is 0 Å². The van der Waals surface area contributed by atoms with E-state index in [1.165, 1.54) is 12.1 Å². The van der Waals surface area contributed by atoms with E-state index in [-0.39, 0.29) is 40.2 Å². The van der Waals surface area contributed by atoms with Gasteiger partial charge in [-0.1, -0.05) is 0 Å². The van der Waals surface area contributed by atoms with Crippen LogP contribution in [0.3, 0.4) is 0 Å². The number of hydrogen-bond acceptors (Lipinski definition) is 7. The van der Waals surface area contributed by atoms with Crippen LogP contribution in [-0.4, -0.2) is 36.1 Å². The summed E-state index contributed by atoms with van der Waals surface area (Å²) in [5, 5.41) is 10.6. The number of nitrogens with zero attached hydrogens (tertiary/aromatic N) is 2. The molecule has 1 heterocycles. The molecule has 9 nitrogen and oxygen atoms in total. The van der Waals surface area contributed by atoms with E-state index in [9.17, 15) is 17.6 Å². The third kappa shape index (κ3) is 5.28. The maximum atomic E-state index is 14.2. The highest BCUT2D eigenvalue weighted by molar-refractivity contribution is 7.89. The number of primary sulfonamides is 1. The second-order valence-corrected chi connectivity index (χ2v) is 9.94. The number of halogens is 1. The van der Waals surface area contributed by atoms with Crippen molar-refractivity contribution >= 4 is 27.8 Å². The molecule has 2 aliphatic carbocycles. The summed E-state index contributed by atoms with van der Waals surface area (Å²) >= 11 is 0. The second kappa shape index (κ2) is 8.04. The van der Waals surface area contributed by atoms with Gasteiger partial charge in [-0.15, -0.1) is 0 Å². The third-order valence-electron chi connectivity index (χ3n) is 5.72. The summed E-state index contributed by atoms with van der Waals surface area (Å²) in [7, 11) is -3.98. The van der Waals surface area contributed by atoms with E-state index >= 15 is 0 Å². The number of hydrogen-bond donors (Lipinski definition) is 3. The molecule has 0 bridgehead atoms. The zero-order chi connectivity index (χ0) is 22.2. The van der Waals surface area contributed by atoms with Gasteiger partial charge in [0.05, 0.1) is 10.6 Å². The van der Waals surface area contributed by atoms with E-state index in [4.69, 9.17) is 9.88 Å². The minimum absolute atomic E-state index is 0.0323. The molecule has 0 spiro atoms. The fourth-order valence-corrected chi connectivity index (χ4v) is 4.12. The predicted octanol–water partition coefficient (Wildman–Crippen LogP) is 2.92. The number of aromatic nitrogens is 2. The summed E-state index contributed by atoms with van der Waals surface area (Å²) < 4.78 is 42.3. The third-order valence-corrected chi connectivity index (χ3v) is 6.63. The normalized spacial score (nSPS) is 22.0. The van der Waals surface area contributed by atoms with Gasteiger partial charge < -0.3 is 15.4 Å². The van der Waals surface area contributed by atoms with Gasteiger partial charge in [0.25, 0.3) is 0 Å². The minimum Gasteiger partial charge on any atom is -0.446 e. The van der Waals surface area contributed by atoms with Gasteiger partial charge in [-0.25, -0.2) is 32.7 Å². The Morgan fingerprint density at radius 3 is 2.58 bits per heavy atom. The molecule has 1 aromatic heterocycles. The van der Waals surface area contributed by atoms with Crippen LogP contribution in [0.1, 0.15) is 50.5 Å². The van der Waals surface area contributed by atoms with Crippen molar-refractivity contribution in [3.05, 3.63) is 42.0 Å². The summed E-state index contributed by atoms with van der Waals surface area (Å²) in [5.41, 5.74) is 0.838. The maximum Gasteiger partial charge on any atom is 0.407 e. The molecule has 4 N–H and O–H groups in total. The molecule has 0 aliphatic heterocycles. The lowest BCUT2D eigenvalue weighted by Gasteiger charge is -2.16. The number of alkyl carbamates (subject to hydrolysis) is 1. The molecule has 1 aromatic carbocycles. The van der Waals surface area contributed by atoms with Crippen LogP contribution in [0.4, 0.5) is 20.8 Å². The van der Waals surface area contributed by atoms with Gasteiger partial charge in [0, 0.05) is 17.9 Å². The van der Waals surface area contributed by atoms with Crippen molar-refractivity contribution in [2.45, 2.75) is 61.5 Å². The number of anilines is 2. The summed E-state index contributed by atoms with van der Waals surface area (Å²) in [5.74, 6) is -0.434. The number of carbonyl (C=O) groups excluding carboxylic acids is 1. The summed E-state index contributed by atoms with van der Waals surface area (Å²) in [6.07, 6.45) is 7.10. The number of amides is 1. The molecule has 1 amide bonds. The highest BCUT2D eigenvalue weighted by Gasteiger charge is 2.40. The monoisotopic (exact) mass is 449 g/mol. The molecule has 166 valence electrons. The lowest BCUT2D eigenvalue weighted by atomic mass is 10.0. The molecule has 2 fully saturated rings. The first-order valence-corrected chi connectivity index (χ1v) is 11.6. The zero-order valence-electron chi connectivity index (χ0n) is 17.0. The van der Waals surface area contributed by atoms with E-state index in [1.54, 1.807) is 12.4 Å². The van der Waals surface area contributed by atoms with Crippen molar-refractivity contribution in [3.63, 3.8) is 0 Å². The van der Waals surface area contributed by atoms with Crippen molar-refractivity contribution in [2.75, 3.05) is 5.32 Å². The molecule has 2 atom stereocenters. The van der Waals surface area contributed by atoms with Crippen molar-refractivity contribution in [3.8, 4) is 0 Å². The average molecular weight is 450 g/mol. The summed E-state index contributed by atoms with van der Waals surface area (Å²) in [6, 6.07) is 3.30. The SMILES string of the molecule is CC1(NC(=O)O[C@@H]2CC[C@H](c3cnc(Nc4ccc(S(N)(=O)=O)cc4F)nc3)C2)CC1. The Morgan fingerprint density at radius 2 is 1.97 bits per heavy atom. The largest absolute Gasteiger partial charge is 0.446 e. The van der Waals surface area contributed by atoms with Crippen LogP contribution in [0.2, 0.25) is 0 Å². The van der Waals surface area contributed by atoms with Crippen molar-refractivity contribution in [1.29, 1.82) is 0 Å². The molecule has 2 aliphatic rings. The molecule has 4 rings (SSSR count). The molecule has 0 radical (unpaired) electrons. The predicted molar refractivity (Wildman–Crippen MR) is 111 cm³/mol. The fourth-order valence-electron chi connectivity index (χ4n) is 3.60. The number of nitrogens with two attached hydrogens (primary N) is 1. The molecule has 0 unspecified atom stereocenters. The number of carbonyl (C=O) groups is 1. The summed E-state index contributed by atoms with van der Waals surface area (Å²) in [6.45, 7) is 2.00. The first-order valence-electron chi connectivity index (χ1n) is 10.0. The topological polar surface area (TPSA) is 136 Å². The minimum atomic E-state index is -3.98. The van der Waals surface area contributed by atoms with Crippen LogP contribution >= 0.6 is 0 Å². The standard InChI is InChI=1S/C20H24FN5O4S/c1-20(6-7-20)26-19(27)30-14-3-2-12(8-14)13-10-23-18(24-11-13)25-17-5-4-15(9-16(17)21)31(22,28)29/h4-5,9-12,14H,2-3,6-8H2,1H3,(H,26,27)(H2,22,28,29)(H,23,24,25)/t12-,14+/m0/s1. The molecule has 2 saturated carbocycles. The van der Waals surface area contributed by atoms with E-state index in [0.717, 1.165) is 37.3 Å². The quantitative estimate of drug-likeness (QED) is 0.617. The Kier molecular flexibility index (Phi) is 5.56. The molecular weight excluding hydrogens is 425 g/mol. The number of nitrogens with one attached hydrogen (secondary N) is 2. The lowest BCUT2D eigenvalue weighted by Crippen LogP contribution is -2.36. The Morgan fingerprint density at radius 1 is 1.26 bits per heavy atom. The highest BCUT2D eigenvalue weighted by Crippen LogP contribution is 2.37. The van der Waals surface area contributed by atoms with E-state index < -0.39 is 15.8 Å². The first-order chi connectivity index (χ1) is 14.6. The molecule has 31 heavy (non-hydrogen) atoms. The van der Waals surface area contributed by atoms with E-state index in [1.807, 2.05) is 6.92 Å². The van der Waals surface area contributed by atoms with Crippen LogP contribution in [0.15, 0.2) is 35.5 Å². The second-order valence-electron chi connectivity index (χ2n) is 8.37. The highest BCUT2D eigenvalue weighted by atomic mass is 32.2. The van der Waals surface area contributed by atoms with Gasteiger partial charge in [0.2, 0.25) is 16.0 Å². The Labute approximate surface area is 179 Å². The summed E-state index contributed by atoms with van der Waals surface area (Å²) in [4.78, 5) is 20.1. The van der Waals surface area contributed by atoms with E-state index in [0.29, 0.717) is 6.42 Å². The van der Waals surface area contributed by atoms with Crippen LogP contribution < -0.4 is 15.8 Å². The van der Waals surface area contributed by atoms with Crippen LogP contribution in [-0.2, 0) is 14.8 Å². The number of benzene rings is 1. The van der Waals surface area contributed by atoms with Crippen molar-refractivity contribution in [1.82, 2.24) is 15.3 Å². The maximum absolute atomic E-state index is 14.2. The molecule has 11 heteroatoms. The number of ether oxygens (including phenoxy) is 1. The number of sulfonamides is 1. The average Bonchev–Trinajstić information content (AvgIpc) is 3.23. The fraction of sp³-hybridized carbons (Fsp3) is 0.450. The lowest BCUT2D eigenvalue weighted by molar-refractivity contribution is 0.0967. The Bertz CT molecular complexity index is 1090. The first kappa shape index (κ1) is 21.4. The van der Waals surface area contributed by atoms with Crippen LogP contribution in [0, 0.1) is 5.82 Å².